The van der Waals surface area contributed by atoms with E-state index >= 15 is 0 Å². The number of nitrogens with one attached hydrogen (secondary N) is 1. The lowest BCUT2D eigenvalue weighted by Gasteiger charge is -2.09. The van der Waals surface area contributed by atoms with E-state index in [1.807, 2.05) is 6.07 Å². The lowest BCUT2D eigenvalue weighted by atomic mass is 10.1. The summed E-state index contributed by atoms with van der Waals surface area (Å²) in [6.45, 7) is 0. The highest BCUT2D eigenvalue weighted by molar-refractivity contribution is 7.99. The molecular formula is C20H21N5O2S3. The fourth-order valence-corrected chi connectivity index (χ4v) is 6.68. The SMILES string of the molecule is NC(=O)c1c(NC(=O)CSc2nnc(Cc3cccs3)n2C2CC2)sc2c1CCC2. The quantitative estimate of drug-likeness (QED) is 0.501. The first-order valence-electron chi connectivity index (χ1n) is 9.93. The Bertz CT molecular complexity index is 1100. The van der Waals surface area contributed by atoms with Crippen molar-refractivity contribution in [2.75, 3.05) is 11.1 Å². The number of nitrogens with two attached hydrogens (primary N) is 1. The minimum absolute atomic E-state index is 0.160. The number of thioether (sulfide) groups is 1. The number of hydrogen-bond donors (Lipinski definition) is 2. The van der Waals surface area contributed by atoms with Crippen LogP contribution in [0.4, 0.5) is 5.00 Å². The Balaban J connectivity index is 1.27. The van der Waals surface area contributed by atoms with Crippen LogP contribution in [0, 0.1) is 0 Å². The fraction of sp³-hybridized carbons (Fsp3) is 0.400. The van der Waals surface area contributed by atoms with Crippen LogP contribution < -0.4 is 11.1 Å². The van der Waals surface area contributed by atoms with Crippen LogP contribution in [-0.4, -0.2) is 32.3 Å². The molecule has 0 saturated heterocycles. The third-order valence-electron chi connectivity index (χ3n) is 5.31. The number of primary amides is 1. The van der Waals surface area contributed by atoms with Crippen LogP contribution in [-0.2, 0) is 24.1 Å². The molecule has 7 nitrogen and oxygen atoms in total. The van der Waals surface area contributed by atoms with Crippen LogP contribution in [0.1, 0.15) is 56.8 Å². The van der Waals surface area contributed by atoms with Gasteiger partial charge in [-0.1, -0.05) is 17.8 Å². The molecule has 30 heavy (non-hydrogen) atoms. The van der Waals surface area contributed by atoms with Gasteiger partial charge in [-0.15, -0.1) is 32.9 Å². The Morgan fingerprint density at radius 3 is 2.90 bits per heavy atom. The maximum absolute atomic E-state index is 12.6. The first kappa shape index (κ1) is 19.8. The normalized spacial score (nSPS) is 15.3. The predicted molar refractivity (Wildman–Crippen MR) is 120 cm³/mol. The van der Waals surface area contributed by atoms with Crippen LogP contribution in [0.5, 0.6) is 0 Å². The van der Waals surface area contributed by atoms with Crippen LogP contribution in [0.3, 0.4) is 0 Å². The predicted octanol–water partition coefficient (Wildman–Crippen LogP) is 3.65. The van der Waals surface area contributed by atoms with Crippen molar-refractivity contribution in [3.05, 3.63) is 44.2 Å². The van der Waals surface area contributed by atoms with Crippen molar-refractivity contribution in [2.45, 2.75) is 49.7 Å². The summed E-state index contributed by atoms with van der Waals surface area (Å²) < 4.78 is 2.19. The van der Waals surface area contributed by atoms with Gasteiger partial charge in [0.2, 0.25) is 5.91 Å². The van der Waals surface area contributed by atoms with E-state index in [1.165, 1.54) is 32.9 Å². The zero-order valence-corrected chi connectivity index (χ0v) is 18.7. The van der Waals surface area contributed by atoms with Crippen LogP contribution >= 0.6 is 34.4 Å². The van der Waals surface area contributed by atoms with Crippen molar-refractivity contribution in [1.29, 1.82) is 0 Å². The number of anilines is 1. The summed E-state index contributed by atoms with van der Waals surface area (Å²) in [7, 11) is 0. The summed E-state index contributed by atoms with van der Waals surface area (Å²) in [6, 6.07) is 4.58. The molecule has 10 heteroatoms. The van der Waals surface area contributed by atoms with Crippen molar-refractivity contribution in [1.82, 2.24) is 14.8 Å². The molecule has 3 aromatic heterocycles. The summed E-state index contributed by atoms with van der Waals surface area (Å²) in [4.78, 5) is 26.9. The second-order valence-corrected chi connectivity index (χ2v) is 10.6. The first-order valence-corrected chi connectivity index (χ1v) is 12.6. The number of thiophene rings is 2. The largest absolute Gasteiger partial charge is 0.365 e. The number of hydrogen-bond acceptors (Lipinski definition) is 7. The topological polar surface area (TPSA) is 103 Å². The number of carbonyl (C=O) groups excluding carboxylic acids is 2. The maximum Gasteiger partial charge on any atom is 0.251 e. The molecule has 2 aliphatic carbocycles. The first-order chi connectivity index (χ1) is 14.6. The summed E-state index contributed by atoms with van der Waals surface area (Å²) in [5.74, 6) is 0.537. The van der Waals surface area contributed by atoms with Crippen molar-refractivity contribution in [3.8, 4) is 0 Å². The van der Waals surface area contributed by atoms with Gasteiger partial charge < -0.3 is 15.6 Å². The van der Waals surface area contributed by atoms with E-state index in [4.69, 9.17) is 5.73 Å². The van der Waals surface area contributed by atoms with Crippen molar-refractivity contribution < 1.29 is 9.59 Å². The molecule has 1 fully saturated rings. The minimum atomic E-state index is -0.468. The van der Waals surface area contributed by atoms with Crippen LogP contribution in [0.2, 0.25) is 0 Å². The van der Waals surface area contributed by atoms with Gasteiger partial charge in [0.05, 0.1) is 11.3 Å². The fourth-order valence-electron chi connectivity index (χ4n) is 3.84. The Labute approximate surface area is 186 Å². The second-order valence-electron chi connectivity index (χ2n) is 7.52. The van der Waals surface area contributed by atoms with Gasteiger partial charge in [-0.3, -0.25) is 9.59 Å². The molecule has 3 N–H and O–H groups in total. The van der Waals surface area contributed by atoms with E-state index < -0.39 is 5.91 Å². The van der Waals surface area contributed by atoms with Gasteiger partial charge in [-0.25, -0.2) is 0 Å². The molecule has 0 aliphatic heterocycles. The molecule has 5 rings (SSSR count). The van der Waals surface area contributed by atoms with Crippen molar-refractivity contribution >= 4 is 51.3 Å². The smallest absolute Gasteiger partial charge is 0.251 e. The average Bonchev–Trinajstić information content (AvgIpc) is 3.08. The number of nitrogens with zero attached hydrogens (tertiary/aromatic N) is 3. The molecule has 3 aromatic rings. The van der Waals surface area contributed by atoms with Crippen molar-refractivity contribution in [2.24, 2.45) is 5.73 Å². The molecule has 2 amide bonds. The summed E-state index contributed by atoms with van der Waals surface area (Å²) in [5.41, 5.74) is 7.09. The molecular weight excluding hydrogens is 438 g/mol. The number of fused-ring (bicyclic) bond motifs is 1. The second kappa shape index (κ2) is 8.16. The lowest BCUT2D eigenvalue weighted by molar-refractivity contribution is -0.113. The highest BCUT2D eigenvalue weighted by Crippen LogP contribution is 2.40. The van der Waals surface area contributed by atoms with Gasteiger partial charge in [0, 0.05) is 22.2 Å². The highest BCUT2D eigenvalue weighted by atomic mass is 32.2. The number of rotatable bonds is 8. The lowest BCUT2D eigenvalue weighted by Crippen LogP contribution is -2.19. The summed E-state index contributed by atoms with van der Waals surface area (Å²) in [6.07, 6.45) is 5.84. The van der Waals surface area contributed by atoms with Gasteiger partial charge >= 0.3 is 0 Å². The summed E-state index contributed by atoms with van der Waals surface area (Å²) >= 11 is 4.58. The zero-order chi connectivity index (χ0) is 20.7. The van der Waals surface area contributed by atoms with Gasteiger partial charge in [0.1, 0.15) is 10.8 Å². The Morgan fingerprint density at radius 1 is 1.30 bits per heavy atom. The molecule has 0 aromatic carbocycles. The van der Waals surface area contributed by atoms with Gasteiger partial charge in [-0.2, -0.15) is 0 Å². The molecule has 2 aliphatic rings. The monoisotopic (exact) mass is 459 g/mol. The molecule has 0 bridgehead atoms. The maximum atomic E-state index is 12.6. The molecule has 0 spiro atoms. The Morgan fingerprint density at radius 2 is 2.17 bits per heavy atom. The van der Waals surface area contributed by atoms with E-state index in [2.05, 4.69) is 31.5 Å². The molecule has 1 saturated carbocycles. The number of carbonyl (C=O) groups is 2. The third kappa shape index (κ3) is 3.91. The van der Waals surface area contributed by atoms with Gasteiger partial charge in [0.25, 0.3) is 5.91 Å². The Hall–Kier alpha value is -2.17. The zero-order valence-electron chi connectivity index (χ0n) is 16.2. The molecule has 0 radical (unpaired) electrons. The van der Waals surface area contributed by atoms with Gasteiger partial charge in [0.15, 0.2) is 5.16 Å². The van der Waals surface area contributed by atoms with Crippen molar-refractivity contribution in [3.63, 3.8) is 0 Å². The number of aryl methyl sites for hydroxylation is 1. The minimum Gasteiger partial charge on any atom is -0.365 e. The van der Waals surface area contributed by atoms with E-state index in [9.17, 15) is 9.59 Å². The van der Waals surface area contributed by atoms with Crippen LogP contribution in [0.25, 0.3) is 0 Å². The van der Waals surface area contributed by atoms with E-state index in [-0.39, 0.29) is 11.7 Å². The number of aromatic nitrogens is 3. The third-order valence-corrected chi connectivity index (χ3v) is 8.34. The molecule has 0 unspecified atom stereocenters. The standard InChI is InChI=1S/C20H21N5O2S3/c21-18(27)17-13-4-1-5-14(13)30-19(17)22-16(26)10-29-20-24-23-15(25(20)11-6-7-11)9-12-3-2-8-28-12/h2-3,8,11H,1,4-7,9-10H2,(H2,21,27)(H,22,26). The van der Waals surface area contributed by atoms with Gasteiger partial charge in [-0.05, 0) is 49.1 Å². The van der Waals surface area contributed by atoms with E-state index in [0.29, 0.717) is 16.6 Å². The molecule has 0 atom stereocenters. The summed E-state index contributed by atoms with van der Waals surface area (Å²) in [5, 5.41) is 15.1. The van der Waals surface area contributed by atoms with Crippen LogP contribution in [0.15, 0.2) is 22.7 Å². The number of amides is 2. The highest BCUT2D eigenvalue weighted by Gasteiger charge is 2.30. The average molecular weight is 460 g/mol. The van der Waals surface area contributed by atoms with E-state index in [0.717, 1.165) is 55.1 Å². The molecule has 156 valence electrons. The molecule has 3 heterocycles. The van der Waals surface area contributed by atoms with E-state index in [1.54, 1.807) is 11.3 Å². The Kier molecular flexibility index (Phi) is 5.38.